The fourth-order valence-electron chi connectivity index (χ4n) is 11.5. The Bertz CT molecular complexity index is 2130. The Morgan fingerprint density at radius 1 is 0.370 bits per heavy atom. The molecule has 0 aliphatic heterocycles. The maximum atomic E-state index is 15.1. The molecule has 81 heavy (non-hydrogen) atoms. The van der Waals surface area contributed by atoms with Crippen molar-refractivity contribution in [2.45, 2.75) is 245 Å². The number of rotatable bonds is 43. The first-order valence-corrected chi connectivity index (χ1v) is 33.0. The van der Waals surface area contributed by atoms with Gasteiger partial charge in [-0.15, -0.1) is 0 Å². The van der Waals surface area contributed by atoms with Crippen LogP contribution in [0.15, 0.2) is 133 Å². The molecule has 0 amide bonds. The monoisotopic (exact) mass is 1110 g/mol. The van der Waals surface area contributed by atoms with Crippen LogP contribution >= 0.6 is 0 Å². The highest BCUT2D eigenvalue weighted by atomic mass is 19.1. The van der Waals surface area contributed by atoms with Crippen molar-refractivity contribution in [2.75, 3.05) is 41.3 Å². The Morgan fingerprint density at radius 2 is 0.667 bits per heavy atom. The predicted octanol–water partition coefficient (Wildman–Crippen LogP) is 20.0. The third kappa shape index (κ3) is 34.3. The van der Waals surface area contributed by atoms with Gasteiger partial charge in [0.2, 0.25) is 0 Å². The molecule has 0 saturated carbocycles. The van der Waals surface area contributed by atoms with Gasteiger partial charge in [0.05, 0.1) is 54.7 Å². The van der Waals surface area contributed by atoms with Gasteiger partial charge in [-0.25, -0.2) is 4.39 Å². The van der Waals surface area contributed by atoms with E-state index in [0.717, 1.165) is 52.4 Å². The van der Waals surface area contributed by atoms with Gasteiger partial charge >= 0.3 is 0 Å². The van der Waals surface area contributed by atoms with E-state index in [4.69, 9.17) is 4.65 Å². The molecule has 0 N–H and O–H groups in total. The van der Waals surface area contributed by atoms with Crippen LogP contribution in [-0.4, -0.2) is 57.6 Å². The molecule has 0 aliphatic rings. The van der Waals surface area contributed by atoms with Crippen molar-refractivity contribution >= 4 is 7.32 Å². The highest BCUT2D eigenvalue weighted by Gasteiger charge is 2.23. The Labute approximate surface area is 497 Å². The van der Waals surface area contributed by atoms with Crippen LogP contribution in [0.3, 0.4) is 0 Å². The van der Waals surface area contributed by atoms with Crippen molar-refractivity contribution in [1.29, 1.82) is 0 Å². The average Bonchev–Trinajstić information content (AvgIpc) is 3.58. The summed E-state index contributed by atoms with van der Waals surface area (Å²) in [6.07, 6.45) is 43.0. The van der Waals surface area contributed by atoms with Crippen LogP contribution in [-0.2, 0) is 17.7 Å². The maximum absolute atomic E-state index is 15.1. The first kappa shape index (κ1) is 71.2. The van der Waals surface area contributed by atoms with E-state index in [2.05, 4.69) is 110 Å². The van der Waals surface area contributed by atoms with Gasteiger partial charge in [0.25, 0.3) is 0 Å². The molecule has 5 nitrogen and oxygen atoms in total. The lowest BCUT2D eigenvalue weighted by Gasteiger charge is -2.34. The summed E-state index contributed by atoms with van der Waals surface area (Å²) in [5, 5.41) is 22.7. The molecule has 0 radical (unpaired) electrons. The van der Waals surface area contributed by atoms with Crippen molar-refractivity contribution in [3.8, 4) is 22.3 Å². The Balaban J connectivity index is 0.000000320. The number of hydrogen-bond donors (Lipinski definition) is 0. The molecule has 0 saturated heterocycles. The number of benzene rings is 5. The number of quaternary nitrogens is 2. The van der Waals surface area contributed by atoms with E-state index < -0.39 is 13.4 Å². The minimum Gasteiger partial charge on any atom is -0.871 e. The zero-order valence-corrected chi connectivity index (χ0v) is 52.8. The highest BCUT2D eigenvalue weighted by Crippen LogP contribution is 2.41. The van der Waals surface area contributed by atoms with E-state index in [9.17, 15) is 10.0 Å². The lowest BCUT2D eigenvalue weighted by Crippen LogP contribution is -2.48. The van der Waals surface area contributed by atoms with E-state index in [1.165, 1.54) is 210 Å². The van der Waals surface area contributed by atoms with Gasteiger partial charge in [0.1, 0.15) is 18.9 Å². The Kier molecular flexibility index (Phi) is 39.8. The van der Waals surface area contributed by atoms with E-state index >= 15 is 4.39 Å². The number of halogens is 1. The summed E-state index contributed by atoms with van der Waals surface area (Å²) in [7, 11) is 7.09. The third-order valence-corrected chi connectivity index (χ3v) is 16.1. The quantitative estimate of drug-likeness (QED) is 0.0222. The lowest BCUT2D eigenvalue weighted by molar-refractivity contribution is -0.903. The molecular formula is C74H116BFN2O3. The Hall–Kier alpha value is -4.11. The molecule has 1 atom stereocenters. The second kappa shape index (κ2) is 45.3. The van der Waals surface area contributed by atoms with Gasteiger partial charge in [-0.05, 0) is 60.4 Å². The highest BCUT2D eigenvalue weighted by molar-refractivity contribution is 6.28. The molecule has 0 fully saturated rings. The zero-order chi connectivity index (χ0) is 58.5. The van der Waals surface area contributed by atoms with Gasteiger partial charge in [-0.3, -0.25) is 0 Å². The lowest BCUT2D eigenvalue weighted by atomic mass is 9.86. The summed E-state index contributed by atoms with van der Waals surface area (Å²) in [5.41, 5.74) is 6.26. The number of nitrogens with zero attached hydrogens (tertiary/aromatic N) is 2. The smallest absolute Gasteiger partial charge is 0.131 e. The Morgan fingerprint density at radius 3 is 1.00 bits per heavy atom. The number of unbranched alkanes of at least 4 members (excludes halogenated alkanes) is 28. The standard InChI is InChI=1S/2C25H46N.C24H24BFO3/c2*1-4-5-6-7-8-9-10-11-12-13-14-15-16-20-23-26(2,3)24-25-21-18-17-19-22-25;1-2-3-6-15-22(29-25(27)28)20-16-17-21(26)24(19-13-9-5-10-14-19)23(20)18-11-7-4-8-12-18/h2*17-19,21-22H,4-16,20,23-24H2,1-3H3;4-5,7-14,16-17,22H,2-3,6,15H2,1H3/q2*+1;-2. The minimum atomic E-state index is -2.39. The molecule has 1 unspecified atom stereocenters. The van der Waals surface area contributed by atoms with Gasteiger partial charge in [-0.2, -0.15) is 0 Å². The largest absolute Gasteiger partial charge is 0.871 e. The maximum Gasteiger partial charge on any atom is 0.131 e. The van der Waals surface area contributed by atoms with Crippen LogP contribution in [0.25, 0.3) is 22.3 Å². The molecule has 5 aromatic carbocycles. The van der Waals surface area contributed by atoms with Crippen LogP contribution in [0.1, 0.15) is 249 Å². The topological polar surface area (TPSA) is 55.3 Å². The van der Waals surface area contributed by atoms with Crippen LogP contribution < -0.4 is 10.0 Å². The van der Waals surface area contributed by atoms with Crippen LogP contribution in [0.2, 0.25) is 0 Å². The van der Waals surface area contributed by atoms with Gasteiger partial charge in [-0.1, -0.05) is 322 Å². The molecule has 0 heterocycles. The molecule has 0 aromatic heterocycles. The van der Waals surface area contributed by atoms with Crippen LogP contribution in [0.4, 0.5) is 4.39 Å². The average molecular weight is 1110 g/mol. The molecule has 0 spiro atoms. The van der Waals surface area contributed by atoms with Crippen LogP contribution in [0, 0.1) is 5.82 Å². The first-order valence-electron chi connectivity index (χ1n) is 33.0. The summed E-state index contributed by atoms with van der Waals surface area (Å²) in [5.74, 6) is -0.355. The molecule has 450 valence electrons. The zero-order valence-electron chi connectivity index (χ0n) is 52.8. The molecule has 7 heteroatoms. The van der Waals surface area contributed by atoms with Gasteiger partial charge in [0, 0.05) is 16.7 Å². The summed E-state index contributed by atoms with van der Waals surface area (Å²) in [6, 6.07) is 43.7. The van der Waals surface area contributed by atoms with E-state index in [0.29, 0.717) is 23.1 Å². The normalized spacial score (nSPS) is 11.9. The summed E-state index contributed by atoms with van der Waals surface area (Å²) in [6.45, 7) is 11.6. The van der Waals surface area contributed by atoms with Crippen molar-refractivity contribution in [3.05, 3.63) is 156 Å². The molecule has 0 bridgehead atoms. The molecule has 5 aromatic rings. The summed E-state index contributed by atoms with van der Waals surface area (Å²) in [4.78, 5) is 0. The predicted molar refractivity (Wildman–Crippen MR) is 346 cm³/mol. The fourth-order valence-corrected chi connectivity index (χ4v) is 11.5. The minimum absolute atomic E-state index is 0.355. The first-order chi connectivity index (χ1) is 39.4. The summed E-state index contributed by atoms with van der Waals surface area (Å²) >= 11 is 0. The van der Waals surface area contributed by atoms with Gasteiger partial charge < -0.3 is 23.7 Å². The van der Waals surface area contributed by atoms with E-state index in [1.54, 1.807) is 6.07 Å². The molecular weight excluding hydrogens is 995 g/mol. The van der Waals surface area contributed by atoms with Gasteiger partial charge in [0.15, 0.2) is 0 Å². The van der Waals surface area contributed by atoms with Crippen LogP contribution in [0.5, 0.6) is 0 Å². The van der Waals surface area contributed by atoms with Crippen molar-refractivity contribution in [3.63, 3.8) is 0 Å². The molecule has 5 rings (SSSR count). The van der Waals surface area contributed by atoms with E-state index in [-0.39, 0.29) is 5.82 Å². The summed E-state index contributed by atoms with van der Waals surface area (Å²) < 4.78 is 22.5. The third-order valence-electron chi connectivity index (χ3n) is 16.1. The van der Waals surface area contributed by atoms with Crippen molar-refractivity contribution in [1.82, 2.24) is 0 Å². The molecule has 0 aliphatic carbocycles. The van der Waals surface area contributed by atoms with E-state index in [1.807, 2.05) is 60.7 Å². The SMILES string of the molecule is CCCCCC(OB([O-])[O-])c1ccc(F)c(-c2ccccc2)c1-c1ccccc1.CCCCCCCCCCCCCCCC[N+](C)(C)Cc1ccccc1.CCCCCCCCCCCCCCCC[N+](C)(C)Cc1ccccc1. The fraction of sp³-hybridized carbons (Fsp3) is 0.595. The number of hydrogen-bond acceptors (Lipinski definition) is 3. The second-order valence-electron chi connectivity index (χ2n) is 24.8. The van der Waals surface area contributed by atoms with Crippen molar-refractivity contribution in [2.24, 2.45) is 0 Å². The second-order valence-corrected chi connectivity index (χ2v) is 24.8. The van der Waals surface area contributed by atoms with Crippen molar-refractivity contribution < 1.29 is 28.1 Å².